The lowest BCUT2D eigenvalue weighted by molar-refractivity contribution is -0.168. The summed E-state index contributed by atoms with van der Waals surface area (Å²) in [5.41, 5.74) is 1.93. The first-order valence-corrected chi connectivity index (χ1v) is 12.0. The molecule has 0 heterocycles. The summed E-state index contributed by atoms with van der Waals surface area (Å²) in [7, 11) is 2.84. The molecule has 0 radical (unpaired) electrons. The van der Waals surface area contributed by atoms with Gasteiger partial charge in [0.25, 0.3) is 0 Å². The van der Waals surface area contributed by atoms with Crippen LogP contribution in [0.15, 0.2) is 11.1 Å². The number of rotatable bonds is 2. The number of ether oxygens (including phenoxy) is 2. The van der Waals surface area contributed by atoms with Gasteiger partial charge in [0.05, 0.1) is 14.2 Å². The van der Waals surface area contributed by atoms with Crippen LogP contribution in [0.3, 0.4) is 0 Å². The van der Waals surface area contributed by atoms with Crippen molar-refractivity contribution in [3.63, 3.8) is 0 Å². The Kier molecular flexibility index (Phi) is 3.28. The Bertz CT molecular complexity index is 742. The van der Waals surface area contributed by atoms with Gasteiger partial charge in [-0.3, -0.25) is 9.59 Å². The van der Waals surface area contributed by atoms with E-state index in [1.807, 2.05) is 0 Å². The maximum atomic E-state index is 12.9. The molecule has 5 saturated carbocycles. The summed E-state index contributed by atoms with van der Waals surface area (Å²) in [5.74, 6) is 7.49. The van der Waals surface area contributed by atoms with Crippen LogP contribution in [0, 0.1) is 64.6 Å². The normalized spacial score (nSPS) is 51.8. The van der Waals surface area contributed by atoms with Crippen molar-refractivity contribution in [2.24, 2.45) is 64.6 Å². The van der Waals surface area contributed by atoms with E-state index in [4.69, 9.17) is 9.47 Å². The molecule has 8 rings (SSSR count). The van der Waals surface area contributed by atoms with Gasteiger partial charge in [-0.2, -0.15) is 0 Å². The van der Waals surface area contributed by atoms with E-state index >= 15 is 0 Å². The van der Waals surface area contributed by atoms with Crippen LogP contribution in [-0.2, 0) is 19.1 Å². The smallest absolute Gasteiger partial charge is 0.323 e. The van der Waals surface area contributed by atoms with Crippen LogP contribution in [-0.4, -0.2) is 26.2 Å². The lowest BCUT2D eigenvalue weighted by Gasteiger charge is -2.60. The Labute approximate surface area is 172 Å². The van der Waals surface area contributed by atoms with Crippen LogP contribution in [0.25, 0.3) is 0 Å². The van der Waals surface area contributed by atoms with Crippen molar-refractivity contribution in [1.29, 1.82) is 0 Å². The van der Waals surface area contributed by atoms with Gasteiger partial charge in [0.2, 0.25) is 0 Å². The zero-order valence-corrected chi connectivity index (χ0v) is 17.6. The number of methoxy groups -OCH3 is 2. The molecule has 0 amide bonds. The van der Waals surface area contributed by atoms with E-state index in [0.29, 0.717) is 24.7 Å². The van der Waals surface area contributed by atoms with Crippen LogP contribution in [0.5, 0.6) is 0 Å². The monoisotopic (exact) mass is 396 g/mol. The van der Waals surface area contributed by atoms with Crippen LogP contribution in [0.1, 0.15) is 51.4 Å². The zero-order chi connectivity index (χ0) is 19.7. The van der Waals surface area contributed by atoms with Gasteiger partial charge in [-0.05, 0) is 111 Å². The molecule has 0 N–H and O–H groups in total. The molecule has 0 spiro atoms. The number of allylic oxidation sites excluding steroid dienone is 2. The maximum absolute atomic E-state index is 12.9. The van der Waals surface area contributed by atoms with Gasteiger partial charge in [-0.1, -0.05) is 11.1 Å². The summed E-state index contributed by atoms with van der Waals surface area (Å²) in [6, 6.07) is 0. The highest BCUT2D eigenvalue weighted by Gasteiger charge is 2.72. The van der Waals surface area contributed by atoms with Gasteiger partial charge < -0.3 is 9.47 Å². The van der Waals surface area contributed by atoms with Crippen molar-refractivity contribution in [3.8, 4) is 0 Å². The first-order chi connectivity index (χ1) is 14.1. The maximum Gasteiger partial charge on any atom is 0.323 e. The summed E-state index contributed by atoms with van der Waals surface area (Å²) in [6.45, 7) is 0. The third kappa shape index (κ3) is 1.81. The average molecular weight is 397 g/mol. The molecule has 0 saturated heterocycles. The van der Waals surface area contributed by atoms with E-state index in [2.05, 4.69) is 0 Å². The summed E-state index contributed by atoms with van der Waals surface area (Å²) in [6.07, 6.45) is 9.73. The predicted octanol–water partition coefficient (Wildman–Crippen LogP) is 3.99. The molecule has 8 aliphatic rings. The van der Waals surface area contributed by atoms with E-state index in [-0.39, 0.29) is 11.9 Å². The number of fused-ring (bicyclic) bond motifs is 4. The Morgan fingerprint density at radius 2 is 1.03 bits per heavy atom. The standard InChI is InChI=1S/C25H32O4/c1-28-23(26)25(24(27)29-2)9-15-16(10-25)22-18-12-4-3-11(7-12)17(18)21(15)19-13-5-6-14(8-13)20(19)22/h11-14,17-22H,3-10H2,1-2H3/t11-,12+,13+,14-,17+,18-,19-,20+,21?,22?. The van der Waals surface area contributed by atoms with Gasteiger partial charge in [-0.15, -0.1) is 0 Å². The number of carbonyl (C=O) groups excluding carboxylic acids is 2. The predicted molar refractivity (Wildman–Crippen MR) is 105 cm³/mol. The van der Waals surface area contributed by atoms with Crippen molar-refractivity contribution in [2.75, 3.05) is 14.2 Å². The molecule has 10 atom stereocenters. The van der Waals surface area contributed by atoms with Gasteiger partial charge in [0.1, 0.15) is 0 Å². The third-order valence-electron chi connectivity index (χ3n) is 11.1. The largest absolute Gasteiger partial charge is 0.468 e. The average Bonchev–Trinajstić information content (AvgIpc) is 3.55. The van der Waals surface area contributed by atoms with Crippen LogP contribution >= 0.6 is 0 Å². The topological polar surface area (TPSA) is 52.6 Å². The van der Waals surface area contributed by atoms with Crippen molar-refractivity contribution in [1.82, 2.24) is 0 Å². The first-order valence-electron chi connectivity index (χ1n) is 12.0. The molecule has 5 fully saturated rings. The molecule has 0 aromatic heterocycles. The minimum atomic E-state index is -1.11. The fraction of sp³-hybridized carbons (Fsp3) is 0.840. The lowest BCUT2D eigenvalue weighted by atomic mass is 9.44. The minimum absolute atomic E-state index is 0.376. The minimum Gasteiger partial charge on any atom is -0.468 e. The highest BCUT2D eigenvalue weighted by Crippen LogP contribution is 2.77. The molecule has 4 nitrogen and oxygen atoms in total. The van der Waals surface area contributed by atoms with Crippen molar-refractivity contribution >= 4 is 11.9 Å². The molecule has 29 heavy (non-hydrogen) atoms. The van der Waals surface area contributed by atoms with Crippen LogP contribution in [0.2, 0.25) is 0 Å². The van der Waals surface area contributed by atoms with Crippen molar-refractivity contribution < 1.29 is 19.1 Å². The lowest BCUT2D eigenvalue weighted by Crippen LogP contribution is -2.55. The second-order valence-corrected chi connectivity index (χ2v) is 11.5. The third-order valence-corrected chi connectivity index (χ3v) is 11.1. The summed E-state index contributed by atoms with van der Waals surface area (Å²) in [5, 5.41) is 0. The Hall–Kier alpha value is -1.32. The van der Waals surface area contributed by atoms with Gasteiger partial charge in [0, 0.05) is 0 Å². The van der Waals surface area contributed by atoms with Crippen LogP contribution in [0.4, 0.5) is 0 Å². The zero-order valence-electron chi connectivity index (χ0n) is 17.6. The Morgan fingerprint density at radius 1 is 0.690 bits per heavy atom. The number of hydrogen-bond donors (Lipinski definition) is 0. The number of esters is 2. The van der Waals surface area contributed by atoms with Gasteiger partial charge >= 0.3 is 11.9 Å². The van der Waals surface area contributed by atoms with E-state index in [0.717, 1.165) is 47.3 Å². The summed E-state index contributed by atoms with van der Waals surface area (Å²) >= 11 is 0. The first kappa shape index (κ1) is 17.4. The summed E-state index contributed by atoms with van der Waals surface area (Å²) < 4.78 is 10.4. The number of hydrogen-bond acceptors (Lipinski definition) is 4. The highest BCUT2D eigenvalue weighted by molar-refractivity contribution is 6.01. The molecule has 6 bridgehead atoms. The molecule has 0 aliphatic heterocycles. The fourth-order valence-corrected chi connectivity index (χ4v) is 10.7. The SMILES string of the molecule is COC(=O)C1(C(=O)OC)CC2=C(C1)C1[C@@H]3[C@H]4CC[C@H](C4)[C@@H]3C2[C@@H]2[C@H]3CC[C@H](C3)[C@H]12. The van der Waals surface area contributed by atoms with Crippen LogP contribution < -0.4 is 0 Å². The van der Waals surface area contributed by atoms with E-state index in [1.54, 1.807) is 0 Å². The molecule has 2 unspecified atom stereocenters. The summed E-state index contributed by atoms with van der Waals surface area (Å²) in [4.78, 5) is 25.9. The van der Waals surface area contributed by atoms with Crippen molar-refractivity contribution in [2.45, 2.75) is 51.4 Å². The molecule has 4 heteroatoms. The van der Waals surface area contributed by atoms with E-state index < -0.39 is 5.41 Å². The molecular formula is C25H32O4. The van der Waals surface area contributed by atoms with Gasteiger partial charge in [-0.25, -0.2) is 0 Å². The van der Waals surface area contributed by atoms with Crippen molar-refractivity contribution in [3.05, 3.63) is 11.1 Å². The Balaban J connectivity index is 1.37. The number of carbonyl (C=O) groups is 2. The molecule has 8 aliphatic carbocycles. The Morgan fingerprint density at radius 3 is 1.34 bits per heavy atom. The fourth-order valence-electron chi connectivity index (χ4n) is 10.7. The molecular weight excluding hydrogens is 364 g/mol. The highest BCUT2D eigenvalue weighted by atomic mass is 16.5. The molecule has 0 aromatic carbocycles. The second kappa shape index (κ2) is 5.48. The quantitative estimate of drug-likeness (QED) is 0.402. The molecule has 0 aromatic rings. The van der Waals surface area contributed by atoms with E-state index in [9.17, 15) is 9.59 Å². The van der Waals surface area contributed by atoms with E-state index in [1.165, 1.54) is 63.9 Å². The second-order valence-electron chi connectivity index (χ2n) is 11.5. The molecule has 156 valence electrons. The van der Waals surface area contributed by atoms with Gasteiger partial charge in [0.15, 0.2) is 5.41 Å².